The molecule has 1 atom stereocenters. The van der Waals surface area contributed by atoms with Gasteiger partial charge in [0, 0.05) is 0 Å². The Labute approximate surface area is 139 Å². The van der Waals surface area contributed by atoms with Crippen molar-refractivity contribution in [3.8, 4) is 0 Å². The van der Waals surface area contributed by atoms with Crippen LogP contribution in [0.4, 0.5) is 4.79 Å². The number of hydrogen-bond acceptors (Lipinski definition) is 7. The number of methoxy groups -OCH3 is 1. The van der Waals surface area contributed by atoms with E-state index in [1.165, 1.54) is 19.2 Å². The molecular formula is C15H22N2O7. The van der Waals surface area contributed by atoms with Crippen LogP contribution in [0.3, 0.4) is 0 Å². The minimum absolute atomic E-state index is 0.0171. The Bertz CT molecular complexity index is 589. The van der Waals surface area contributed by atoms with Crippen molar-refractivity contribution in [2.45, 2.75) is 39.0 Å². The van der Waals surface area contributed by atoms with E-state index in [0.29, 0.717) is 5.76 Å². The Morgan fingerprint density at radius 1 is 1.29 bits per heavy atom. The lowest BCUT2D eigenvalue weighted by Crippen LogP contribution is -2.48. The Balaban J connectivity index is 2.49. The molecule has 1 aromatic heterocycles. The molecule has 9 nitrogen and oxygen atoms in total. The van der Waals surface area contributed by atoms with Crippen LogP contribution in [0.15, 0.2) is 16.5 Å². The summed E-state index contributed by atoms with van der Waals surface area (Å²) in [6.07, 6.45) is -0.777. The first-order valence-electron chi connectivity index (χ1n) is 7.16. The van der Waals surface area contributed by atoms with Crippen molar-refractivity contribution in [1.29, 1.82) is 0 Å². The van der Waals surface area contributed by atoms with E-state index in [4.69, 9.17) is 19.6 Å². The van der Waals surface area contributed by atoms with Gasteiger partial charge in [0.25, 0.3) is 0 Å². The molecule has 0 fully saturated rings. The molecule has 0 saturated carbocycles. The third kappa shape index (κ3) is 6.69. The number of alkyl carbamates (subject to hydrolysis) is 1. The average Bonchev–Trinajstić information content (AvgIpc) is 2.92. The molecular weight excluding hydrogens is 320 g/mol. The SMILES string of the molecule is COC(=O)c1ccc(COC[C@H](NC(=O)OC(C)(C)C)C(N)=O)o1. The summed E-state index contributed by atoms with van der Waals surface area (Å²) in [7, 11) is 1.24. The Morgan fingerprint density at radius 2 is 1.96 bits per heavy atom. The maximum absolute atomic E-state index is 11.7. The number of primary amides is 1. The van der Waals surface area contributed by atoms with Crippen LogP contribution in [0.2, 0.25) is 0 Å². The number of amides is 2. The monoisotopic (exact) mass is 342 g/mol. The first kappa shape index (κ1) is 19.5. The highest BCUT2D eigenvalue weighted by molar-refractivity contribution is 5.86. The average molecular weight is 342 g/mol. The lowest BCUT2D eigenvalue weighted by atomic mass is 10.2. The van der Waals surface area contributed by atoms with E-state index in [0.717, 1.165) is 0 Å². The largest absolute Gasteiger partial charge is 0.463 e. The van der Waals surface area contributed by atoms with Gasteiger partial charge >= 0.3 is 12.1 Å². The van der Waals surface area contributed by atoms with E-state index in [-0.39, 0.29) is 19.0 Å². The predicted octanol–water partition coefficient (Wildman–Crippen LogP) is 0.961. The van der Waals surface area contributed by atoms with Gasteiger partial charge in [0.2, 0.25) is 11.7 Å². The van der Waals surface area contributed by atoms with Crippen molar-refractivity contribution in [1.82, 2.24) is 5.32 Å². The lowest BCUT2D eigenvalue weighted by molar-refractivity contribution is -0.121. The van der Waals surface area contributed by atoms with Gasteiger partial charge in [-0.05, 0) is 32.9 Å². The molecule has 0 radical (unpaired) electrons. The van der Waals surface area contributed by atoms with E-state index in [9.17, 15) is 14.4 Å². The quantitative estimate of drug-likeness (QED) is 0.706. The molecule has 0 bridgehead atoms. The number of esters is 1. The second-order valence-electron chi connectivity index (χ2n) is 5.87. The normalized spacial score (nSPS) is 12.3. The molecule has 3 N–H and O–H groups in total. The minimum Gasteiger partial charge on any atom is -0.463 e. The van der Waals surface area contributed by atoms with Crippen molar-refractivity contribution in [2.24, 2.45) is 5.73 Å². The van der Waals surface area contributed by atoms with Crippen molar-refractivity contribution in [3.63, 3.8) is 0 Å². The summed E-state index contributed by atoms with van der Waals surface area (Å²) in [6, 6.07) is 1.91. The minimum atomic E-state index is -1.06. The molecule has 1 rings (SSSR count). The molecule has 24 heavy (non-hydrogen) atoms. The van der Waals surface area contributed by atoms with Crippen LogP contribution >= 0.6 is 0 Å². The molecule has 0 unspecified atom stereocenters. The molecule has 1 heterocycles. The predicted molar refractivity (Wildman–Crippen MR) is 82.1 cm³/mol. The van der Waals surface area contributed by atoms with Gasteiger partial charge in [0.1, 0.15) is 24.0 Å². The highest BCUT2D eigenvalue weighted by Gasteiger charge is 2.23. The van der Waals surface area contributed by atoms with Gasteiger partial charge in [0.05, 0.1) is 13.7 Å². The molecule has 2 amide bonds. The summed E-state index contributed by atoms with van der Waals surface area (Å²) >= 11 is 0. The number of carbonyl (C=O) groups is 3. The van der Waals surface area contributed by atoms with Crippen LogP contribution in [0.1, 0.15) is 37.1 Å². The summed E-state index contributed by atoms with van der Waals surface area (Å²) < 4.78 is 20.0. The van der Waals surface area contributed by atoms with Crippen LogP contribution in [0, 0.1) is 0 Å². The van der Waals surface area contributed by atoms with Gasteiger partial charge in [-0.3, -0.25) is 4.79 Å². The first-order valence-corrected chi connectivity index (χ1v) is 7.16. The molecule has 1 aromatic rings. The fourth-order valence-electron chi connectivity index (χ4n) is 1.59. The van der Waals surface area contributed by atoms with E-state index in [1.807, 2.05) is 0 Å². The summed E-state index contributed by atoms with van der Waals surface area (Å²) in [4.78, 5) is 34.3. The number of nitrogens with two attached hydrogens (primary N) is 1. The summed E-state index contributed by atoms with van der Waals surface area (Å²) in [5, 5.41) is 2.33. The van der Waals surface area contributed by atoms with E-state index in [1.54, 1.807) is 20.8 Å². The summed E-state index contributed by atoms with van der Waals surface area (Å²) in [5.41, 5.74) is 4.51. The van der Waals surface area contributed by atoms with Crippen molar-refractivity contribution >= 4 is 18.0 Å². The van der Waals surface area contributed by atoms with Crippen molar-refractivity contribution in [2.75, 3.05) is 13.7 Å². The summed E-state index contributed by atoms with van der Waals surface area (Å²) in [6.45, 7) is 4.88. The van der Waals surface area contributed by atoms with Gasteiger partial charge in [-0.1, -0.05) is 0 Å². The van der Waals surface area contributed by atoms with Gasteiger partial charge in [0.15, 0.2) is 0 Å². The second kappa shape index (κ2) is 8.34. The number of ether oxygens (including phenoxy) is 3. The molecule has 0 aliphatic rings. The molecule has 0 spiro atoms. The number of carbonyl (C=O) groups excluding carboxylic acids is 3. The highest BCUT2D eigenvalue weighted by Crippen LogP contribution is 2.10. The Hall–Kier alpha value is -2.55. The third-order valence-corrected chi connectivity index (χ3v) is 2.61. The van der Waals surface area contributed by atoms with Gasteiger partial charge < -0.3 is 29.7 Å². The highest BCUT2D eigenvalue weighted by atomic mass is 16.6. The number of rotatable bonds is 7. The van der Waals surface area contributed by atoms with Crippen LogP contribution in [0.25, 0.3) is 0 Å². The number of nitrogens with one attached hydrogen (secondary N) is 1. The first-order chi connectivity index (χ1) is 11.1. The Morgan fingerprint density at radius 3 is 2.50 bits per heavy atom. The van der Waals surface area contributed by atoms with Crippen LogP contribution in [-0.2, 0) is 25.6 Å². The van der Waals surface area contributed by atoms with Crippen LogP contribution in [0.5, 0.6) is 0 Å². The van der Waals surface area contributed by atoms with Gasteiger partial charge in [-0.25, -0.2) is 9.59 Å². The summed E-state index contributed by atoms with van der Waals surface area (Å²) in [5.74, 6) is -0.983. The maximum atomic E-state index is 11.7. The van der Waals surface area contributed by atoms with E-state index >= 15 is 0 Å². The molecule has 9 heteroatoms. The number of furan rings is 1. The lowest BCUT2D eigenvalue weighted by Gasteiger charge is -2.22. The maximum Gasteiger partial charge on any atom is 0.408 e. The second-order valence-corrected chi connectivity index (χ2v) is 5.87. The molecule has 0 aliphatic carbocycles. The Kier molecular flexibility index (Phi) is 6.78. The zero-order valence-corrected chi connectivity index (χ0v) is 14.1. The van der Waals surface area contributed by atoms with Crippen LogP contribution < -0.4 is 11.1 Å². The number of hydrogen-bond donors (Lipinski definition) is 2. The zero-order valence-electron chi connectivity index (χ0n) is 14.1. The van der Waals surface area contributed by atoms with Crippen molar-refractivity contribution in [3.05, 3.63) is 23.7 Å². The van der Waals surface area contributed by atoms with Crippen LogP contribution in [-0.4, -0.2) is 43.3 Å². The topological polar surface area (TPSA) is 130 Å². The van der Waals surface area contributed by atoms with Gasteiger partial charge in [-0.2, -0.15) is 0 Å². The van der Waals surface area contributed by atoms with Gasteiger partial charge in [-0.15, -0.1) is 0 Å². The van der Waals surface area contributed by atoms with E-state index in [2.05, 4.69) is 10.1 Å². The molecule has 0 aliphatic heterocycles. The fourth-order valence-corrected chi connectivity index (χ4v) is 1.59. The van der Waals surface area contributed by atoms with Crippen molar-refractivity contribution < 1.29 is 33.0 Å². The fraction of sp³-hybridized carbons (Fsp3) is 0.533. The molecule has 134 valence electrons. The molecule has 0 saturated heterocycles. The smallest absolute Gasteiger partial charge is 0.408 e. The standard InChI is InChI=1S/C15H22N2O7/c1-15(2,3)24-14(20)17-10(12(16)18)8-22-7-9-5-6-11(23-9)13(19)21-4/h5-6,10H,7-8H2,1-4H3,(H2,16,18)(H,17,20)/t10-/m0/s1. The third-order valence-electron chi connectivity index (χ3n) is 2.61. The molecule has 0 aromatic carbocycles. The zero-order chi connectivity index (χ0) is 18.3. The van der Waals surface area contributed by atoms with E-state index < -0.39 is 29.6 Å².